The third kappa shape index (κ3) is 2.70. The lowest BCUT2D eigenvalue weighted by Gasteiger charge is -2.17. The van der Waals surface area contributed by atoms with Crippen molar-refractivity contribution < 1.29 is 4.39 Å². The third-order valence-corrected chi connectivity index (χ3v) is 3.53. The highest BCUT2D eigenvalue weighted by molar-refractivity contribution is 7.10. The molecular formula is C13H15FN2S. The molecule has 0 radical (unpaired) electrons. The standard InChI is InChI=1S/C13H15FN2S/c1-3-15-13(11-6-7-17-9(11)2)12-5-4-10(14)8-16-12/h4-8,13,15H,3H2,1-2H3. The average Bonchev–Trinajstić information content (AvgIpc) is 2.74. The molecule has 90 valence electrons. The Balaban J connectivity index is 2.35. The first-order valence-electron chi connectivity index (χ1n) is 5.61. The van der Waals surface area contributed by atoms with Crippen LogP contribution in [0.3, 0.4) is 0 Å². The summed E-state index contributed by atoms with van der Waals surface area (Å²) in [6.45, 7) is 4.99. The molecule has 2 aromatic rings. The Morgan fingerprint density at radius 2 is 2.24 bits per heavy atom. The fourth-order valence-electron chi connectivity index (χ4n) is 1.83. The minimum absolute atomic E-state index is 0.0480. The molecule has 1 N–H and O–H groups in total. The summed E-state index contributed by atoms with van der Waals surface area (Å²) < 4.78 is 12.9. The van der Waals surface area contributed by atoms with E-state index >= 15 is 0 Å². The lowest BCUT2D eigenvalue weighted by molar-refractivity contribution is 0.594. The lowest BCUT2D eigenvalue weighted by atomic mass is 10.0. The van der Waals surface area contributed by atoms with Crippen LogP contribution in [0.2, 0.25) is 0 Å². The summed E-state index contributed by atoms with van der Waals surface area (Å²) in [5.41, 5.74) is 2.07. The molecule has 0 aliphatic rings. The van der Waals surface area contributed by atoms with Crippen LogP contribution in [-0.4, -0.2) is 11.5 Å². The summed E-state index contributed by atoms with van der Waals surface area (Å²) in [7, 11) is 0. The molecule has 2 rings (SSSR count). The van der Waals surface area contributed by atoms with Gasteiger partial charge in [-0.05, 0) is 42.6 Å². The number of aromatic nitrogens is 1. The van der Waals surface area contributed by atoms with Crippen molar-refractivity contribution in [3.05, 3.63) is 51.7 Å². The second-order valence-electron chi connectivity index (χ2n) is 3.82. The number of aryl methyl sites for hydroxylation is 1. The zero-order valence-electron chi connectivity index (χ0n) is 9.90. The highest BCUT2D eigenvalue weighted by atomic mass is 32.1. The van der Waals surface area contributed by atoms with E-state index in [4.69, 9.17) is 0 Å². The first-order valence-corrected chi connectivity index (χ1v) is 6.49. The van der Waals surface area contributed by atoms with Gasteiger partial charge in [-0.2, -0.15) is 0 Å². The molecule has 4 heteroatoms. The van der Waals surface area contributed by atoms with Gasteiger partial charge in [-0.1, -0.05) is 6.92 Å². The minimum Gasteiger partial charge on any atom is -0.305 e. The third-order valence-electron chi connectivity index (χ3n) is 2.66. The second-order valence-corrected chi connectivity index (χ2v) is 4.94. The molecule has 0 amide bonds. The Hall–Kier alpha value is -1.26. The molecule has 0 saturated heterocycles. The van der Waals surface area contributed by atoms with Crippen molar-refractivity contribution in [3.8, 4) is 0 Å². The van der Waals surface area contributed by atoms with Gasteiger partial charge >= 0.3 is 0 Å². The predicted molar refractivity (Wildman–Crippen MR) is 68.8 cm³/mol. The van der Waals surface area contributed by atoms with Crippen molar-refractivity contribution in [2.75, 3.05) is 6.54 Å². The predicted octanol–water partition coefficient (Wildman–Crippen LogP) is 3.29. The molecule has 1 unspecified atom stereocenters. The smallest absolute Gasteiger partial charge is 0.141 e. The fourth-order valence-corrected chi connectivity index (χ4v) is 2.57. The van der Waals surface area contributed by atoms with Gasteiger partial charge in [-0.3, -0.25) is 4.98 Å². The molecule has 0 fully saturated rings. The molecule has 2 nitrogen and oxygen atoms in total. The van der Waals surface area contributed by atoms with Gasteiger partial charge < -0.3 is 5.32 Å². The van der Waals surface area contributed by atoms with Gasteiger partial charge in [0.25, 0.3) is 0 Å². The van der Waals surface area contributed by atoms with Crippen LogP contribution in [-0.2, 0) is 0 Å². The lowest BCUT2D eigenvalue weighted by Crippen LogP contribution is -2.23. The Kier molecular flexibility index (Phi) is 3.86. The molecule has 0 aromatic carbocycles. The number of halogens is 1. The van der Waals surface area contributed by atoms with Crippen molar-refractivity contribution in [1.29, 1.82) is 0 Å². The van der Waals surface area contributed by atoms with Gasteiger partial charge in [0.15, 0.2) is 0 Å². The van der Waals surface area contributed by atoms with Crippen LogP contribution in [0.15, 0.2) is 29.8 Å². The zero-order valence-corrected chi connectivity index (χ0v) is 10.7. The number of nitrogens with zero attached hydrogens (tertiary/aromatic N) is 1. The van der Waals surface area contributed by atoms with Gasteiger partial charge in [0.1, 0.15) is 5.82 Å². The molecule has 1 atom stereocenters. The minimum atomic E-state index is -0.300. The molecular weight excluding hydrogens is 235 g/mol. The van der Waals surface area contributed by atoms with Crippen molar-refractivity contribution in [2.45, 2.75) is 19.9 Å². The summed E-state index contributed by atoms with van der Waals surface area (Å²) in [5, 5.41) is 5.45. The summed E-state index contributed by atoms with van der Waals surface area (Å²) >= 11 is 1.71. The van der Waals surface area contributed by atoms with Crippen LogP contribution < -0.4 is 5.32 Å². The largest absolute Gasteiger partial charge is 0.305 e. The van der Waals surface area contributed by atoms with Crippen LogP contribution in [0.1, 0.15) is 29.1 Å². The first-order chi connectivity index (χ1) is 8.22. The quantitative estimate of drug-likeness (QED) is 0.900. The SMILES string of the molecule is CCNC(c1ccc(F)cn1)c1ccsc1C. The van der Waals surface area contributed by atoms with E-state index in [0.717, 1.165) is 12.2 Å². The number of thiophene rings is 1. The van der Waals surface area contributed by atoms with Crippen molar-refractivity contribution in [1.82, 2.24) is 10.3 Å². The monoisotopic (exact) mass is 250 g/mol. The van der Waals surface area contributed by atoms with E-state index in [1.807, 2.05) is 0 Å². The first kappa shape index (κ1) is 12.2. The van der Waals surface area contributed by atoms with Crippen LogP contribution in [0.25, 0.3) is 0 Å². The topological polar surface area (TPSA) is 24.9 Å². The van der Waals surface area contributed by atoms with E-state index in [1.54, 1.807) is 17.4 Å². The molecule has 17 heavy (non-hydrogen) atoms. The summed E-state index contributed by atoms with van der Waals surface area (Å²) in [5.74, 6) is -0.300. The van der Waals surface area contributed by atoms with Gasteiger partial charge in [-0.25, -0.2) is 4.39 Å². The van der Waals surface area contributed by atoms with E-state index in [-0.39, 0.29) is 11.9 Å². The Labute approximate surface area is 105 Å². The van der Waals surface area contributed by atoms with Crippen LogP contribution >= 0.6 is 11.3 Å². The highest BCUT2D eigenvalue weighted by Crippen LogP contribution is 2.26. The Bertz CT molecular complexity index is 478. The van der Waals surface area contributed by atoms with Crippen LogP contribution in [0.4, 0.5) is 4.39 Å². The van der Waals surface area contributed by atoms with Gasteiger partial charge in [0, 0.05) is 4.88 Å². The molecule has 0 aliphatic carbocycles. The van der Waals surface area contributed by atoms with Gasteiger partial charge in [-0.15, -0.1) is 11.3 Å². The molecule has 2 aromatic heterocycles. The van der Waals surface area contributed by atoms with E-state index in [1.165, 1.54) is 22.7 Å². The van der Waals surface area contributed by atoms with Crippen molar-refractivity contribution in [2.24, 2.45) is 0 Å². The fraction of sp³-hybridized carbons (Fsp3) is 0.308. The number of hydrogen-bond donors (Lipinski definition) is 1. The number of rotatable bonds is 4. The second kappa shape index (κ2) is 5.38. The van der Waals surface area contributed by atoms with E-state index in [2.05, 4.69) is 35.6 Å². The molecule has 0 aliphatic heterocycles. The number of hydrogen-bond acceptors (Lipinski definition) is 3. The molecule has 2 heterocycles. The number of nitrogens with one attached hydrogen (secondary N) is 1. The highest BCUT2D eigenvalue weighted by Gasteiger charge is 2.17. The summed E-state index contributed by atoms with van der Waals surface area (Å²) in [6, 6.07) is 5.33. The van der Waals surface area contributed by atoms with Crippen LogP contribution in [0, 0.1) is 12.7 Å². The number of pyridine rings is 1. The molecule has 0 spiro atoms. The average molecular weight is 250 g/mol. The van der Waals surface area contributed by atoms with Gasteiger partial charge in [0.05, 0.1) is 17.9 Å². The molecule has 0 saturated carbocycles. The van der Waals surface area contributed by atoms with Crippen molar-refractivity contribution in [3.63, 3.8) is 0 Å². The molecule has 0 bridgehead atoms. The Morgan fingerprint density at radius 3 is 2.76 bits per heavy atom. The normalized spacial score (nSPS) is 12.6. The Morgan fingerprint density at radius 1 is 1.41 bits per heavy atom. The summed E-state index contributed by atoms with van der Waals surface area (Å²) in [6.07, 6.45) is 1.27. The van der Waals surface area contributed by atoms with Gasteiger partial charge in [0.2, 0.25) is 0 Å². The summed E-state index contributed by atoms with van der Waals surface area (Å²) in [4.78, 5) is 5.43. The maximum Gasteiger partial charge on any atom is 0.141 e. The van der Waals surface area contributed by atoms with E-state index < -0.39 is 0 Å². The van der Waals surface area contributed by atoms with E-state index in [0.29, 0.717) is 0 Å². The maximum atomic E-state index is 12.9. The zero-order chi connectivity index (χ0) is 12.3. The maximum absolute atomic E-state index is 12.9. The van der Waals surface area contributed by atoms with E-state index in [9.17, 15) is 4.39 Å². The van der Waals surface area contributed by atoms with Crippen LogP contribution in [0.5, 0.6) is 0 Å². The van der Waals surface area contributed by atoms with Crippen molar-refractivity contribution >= 4 is 11.3 Å².